The van der Waals surface area contributed by atoms with E-state index >= 15 is 0 Å². The monoisotopic (exact) mass is 257 g/mol. The molecule has 0 saturated heterocycles. The molecule has 6 heteroatoms. The molecule has 2 unspecified atom stereocenters. The zero-order valence-electron chi connectivity index (χ0n) is 10.2. The Bertz CT molecular complexity index is 320. The summed E-state index contributed by atoms with van der Waals surface area (Å²) in [6, 6.07) is 8.56. The van der Waals surface area contributed by atoms with Gasteiger partial charge in [0.15, 0.2) is 12.6 Å². The van der Waals surface area contributed by atoms with Gasteiger partial charge in [0.1, 0.15) is 0 Å². The van der Waals surface area contributed by atoms with Gasteiger partial charge in [0, 0.05) is 6.42 Å². The van der Waals surface area contributed by atoms with Crippen molar-refractivity contribution < 1.29 is 24.9 Å². The lowest BCUT2D eigenvalue weighted by Gasteiger charge is -2.22. The minimum absolute atomic E-state index is 0.00165. The van der Waals surface area contributed by atoms with Gasteiger partial charge in [-0.15, -0.1) is 0 Å². The zero-order valence-corrected chi connectivity index (χ0v) is 10.2. The highest BCUT2D eigenvalue weighted by molar-refractivity contribution is 5.13. The van der Waals surface area contributed by atoms with Crippen LogP contribution in [0.5, 0.6) is 0 Å². The second-order valence-corrected chi connectivity index (χ2v) is 3.83. The molecule has 1 rings (SSSR count). The third kappa shape index (κ3) is 5.54. The molecule has 0 amide bonds. The van der Waals surface area contributed by atoms with Crippen molar-refractivity contribution in [2.45, 2.75) is 31.6 Å². The van der Waals surface area contributed by atoms with Gasteiger partial charge in [0.05, 0.1) is 19.8 Å². The van der Waals surface area contributed by atoms with E-state index in [2.05, 4.69) is 10.3 Å². The Labute approximate surface area is 106 Å². The maximum Gasteiger partial charge on any atom is 0.169 e. The van der Waals surface area contributed by atoms with Crippen LogP contribution in [0, 0.1) is 0 Å². The normalized spacial score (nSPS) is 14.7. The molecule has 0 bridgehead atoms. The number of benzene rings is 1. The SMILES string of the molecule is CONC(CC(O)OCc1ccccc1)C(O)O. The predicted octanol–water partition coefficient (Wildman–Crippen LogP) is -0.258. The fraction of sp³-hybridized carbons (Fsp3) is 0.500. The first-order valence-corrected chi connectivity index (χ1v) is 5.61. The lowest BCUT2D eigenvalue weighted by molar-refractivity contribution is -0.158. The first-order chi connectivity index (χ1) is 8.63. The molecule has 0 aliphatic heterocycles. The summed E-state index contributed by atoms with van der Waals surface area (Å²) in [4.78, 5) is 4.59. The van der Waals surface area contributed by atoms with Crippen LogP contribution in [0.2, 0.25) is 0 Å². The molecule has 0 radical (unpaired) electrons. The molecule has 0 heterocycles. The quantitative estimate of drug-likeness (QED) is 0.379. The number of ether oxygens (including phenoxy) is 1. The maximum atomic E-state index is 9.62. The average molecular weight is 257 g/mol. The van der Waals surface area contributed by atoms with E-state index in [1.807, 2.05) is 30.3 Å². The van der Waals surface area contributed by atoms with E-state index in [0.29, 0.717) is 0 Å². The highest BCUT2D eigenvalue weighted by atomic mass is 16.6. The van der Waals surface area contributed by atoms with Crippen molar-refractivity contribution in [3.8, 4) is 0 Å². The molecule has 4 N–H and O–H groups in total. The van der Waals surface area contributed by atoms with Crippen molar-refractivity contribution in [2.75, 3.05) is 7.11 Å². The highest BCUT2D eigenvalue weighted by Gasteiger charge is 2.20. The summed E-state index contributed by atoms with van der Waals surface area (Å²) in [5.41, 5.74) is 3.30. The van der Waals surface area contributed by atoms with Gasteiger partial charge in [0.2, 0.25) is 0 Å². The van der Waals surface area contributed by atoms with E-state index in [-0.39, 0.29) is 13.0 Å². The summed E-state index contributed by atoms with van der Waals surface area (Å²) in [6.45, 7) is 0.253. The fourth-order valence-corrected chi connectivity index (χ4v) is 1.43. The lowest BCUT2D eigenvalue weighted by atomic mass is 10.2. The molecule has 0 aliphatic carbocycles. The lowest BCUT2D eigenvalue weighted by Crippen LogP contribution is -2.42. The number of hydrogen-bond donors (Lipinski definition) is 4. The van der Waals surface area contributed by atoms with Crippen LogP contribution in [0.1, 0.15) is 12.0 Å². The van der Waals surface area contributed by atoms with Crippen LogP contribution in [0.15, 0.2) is 30.3 Å². The van der Waals surface area contributed by atoms with Crippen LogP contribution in [0.4, 0.5) is 0 Å². The van der Waals surface area contributed by atoms with Crippen molar-refractivity contribution in [1.82, 2.24) is 5.48 Å². The number of rotatable bonds is 8. The molecular formula is C12H19NO5. The zero-order chi connectivity index (χ0) is 13.4. The van der Waals surface area contributed by atoms with Gasteiger partial charge in [-0.3, -0.25) is 0 Å². The van der Waals surface area contributed by atoms with Gasteiger partial charge in [-0.2, -0.15) is 5.48 Å². The Morgan fingerprint density at radius 2 is 1.83 bits per heavy atom. The van der Waals surface area contributed by atoms with E-state index in [9.17, 15) is 5.11 Å². The summed E-state index contributed by atoms with van der Waals surface area (Å²) < 4.78 is 5.19. The topological polar surface area (TPSA) is 91.2 Å². The molecule has 6 nitrogen and oxygen atoms in total. The first kappa shape index (κ1) is 15.0. The molecule has 0 fully saturated rings. The molecule has 0 spiro atoms. The second-order valence-electron chi connectivity index (χ2n) is 3.83. The van der Waals surface area contributed by atoms with Crippen LogP contribution in [-0.4, -0.2) is 41.1 Å². The van der Waals surface area contributed by atoms with Crippen LogP contribution in [-0.2, 0) is 16.2 Å². The van der Waals surface area contributed by atoms with E-state index in [4.69, 9.17) is 14.9 Å². The Kier molecular flexibility index (Phi) is 6.81. The van der Waals surface area contributed by atoms with Crippen LogP contribution >= 0.6 is 0 Å². The van der Waals surface area contributed by atoms with Gasteiger partial charge in [-0.05, 0) is 5.56 Å². The number of aliphatic hydroxyl groups is 3. The van der Waals surface area contributed by atoms with Gasteiger partial charge in [0.25, 0.3) is 0 Å². The summed E-state index contributed by atoms with van der Waals surface area (Å²) in [5, 5.41) is 27.7. The highest BCUT2D eigenvalue weighted by Crippen LogP contribution is 2.07. The van der Waals surface area contributed by atoms with Crippen molar-refractivity contribution in [1.29, 1.82) is 0 Å². The predicted molar refractivity (Wildman–Crippen MR) is 64.0 cm³/mol. The minimum atomic E-state index is -1.64. The van der Waals surface area contributed by atoms with Gasteiger partial charge >= 0.3 is 0 Å². The molecule has 0 aromatic heterocycles. The Hall–Kier alpha value is -1.02. The number of aliphatic hydroxyl groups excluding tert-OH is 2. The number of nitrogens with one attached hydrogen (secondary N) is 1. The Morgan fingerprint density at radius 3 is 2.39 bits per heavy atom. The van der Waals surface area contributed by atoms with Crippen molar-refractivity contribution in [3.05, 3.63) is 35.9 Å². The van der Waals surface area contributed by atoms with Crippen molar-refractivity contribution in [2.24, 2.45) is 0 Å². The number of hydrogen-bond acceptors (Lipinski definition) is 6. The van der Waals surface area contributed by atoms with Gasteiger partial charge in [-0.1, -0.05) is 30.3 Å². The number of hydroxylamine groups is 1. The van der Waals surface area contributed by atoms with Crippen molar-refractivity contribution in [3.63, 3.8) is 0 Å². The smallest absolute Gasteiger partial charge is 0.169 e. The molecule has 0 saturated carbocycles. The summed E-state index contributed by atoms with van der Waals surface area (Å²) in [7, 11) is 1.35. The molecule has 1 aromatic rings. The van der Waals surface area contributed by atoms with Gasteiger partial charge in [-0.25, -0.2) is 0 Å². The molecule has 18 heavy (non-hydrogen) atoms. The second kappa shape index (κ2) is 8.15. The van der Waals surface area contributed by atoms with E-state index in [1.165, 1.54) is 7.11 Å². The minimum Gasteiger partial charge on any atom is -0.368 e. The first-order valence-electron chi connectivity index (χ1n) is 5.61. The Balaban J connectivity index is 2.34. The maximum absolute atomic E-state index is 9.62. The van der Waals surface area contributed by atoms with Crippen LogP contribution < -0.4 is 5.48 Å². The molecular weight excluding hydrogens is 238 g/mol. The van der Waals surface area contributed by atoms with Gasteiger partial charge < -0.3 is 24.9 Å². The van der Waals surface area contributed by atoms with E-state index < -0.39 is 18.6 Å². The largest absolute Gasteiger partial charge is 0.368 e. The summed E-state index contributed by atoms with van der Waals surface area (Å²) in [5.74, 6) is 0. The molecule has 0 aliphatic rings. The Morgan fingerprint density at radius 1 is 1.17 bits per heavy atom. The molecule has 102 valence electrons. The fourth-order valence-electron chi connectivity index (χ4n) is 1.43. The third-order valence-electron chi connectivity index (χ3n) is 2.37. The molecule has 2 atom stereocenters. The van der Waals surface area contributed by atoms with Crippen molar-refractivity contribution >= 4 is 0 Å². The average Bonchev–Trinajstić information content (AvgIpc) is 2.37. The standard InChI is InChI=1S/C12H19NO5/c1-17-13-10(12(15)16)7-11(14)18-8-9-5-3-2-4-6-9/h2-6,10-16H,7-8H2,1H3. The van der Waals surface area contributed by atoms with Crippen LogP contribution in [0.25, 0.3) is 0 Å². The van der Waals surface area contributed by atoms with E-state index in [0.717, 1.165) is 5.56 Å². The third-order valence-corrected chi connectivity index (χ3v) is 2.37. The van der Waals surface area contributed by atoms with E-state index in [1.54, 1.807) is 0 Å². The summed E-state index contributed by atoms with van der Waals surface area (Å²) in [6.07, 6.45) is -2.75. The molecule has 1 aromatic carbocycles. The van der Waals surface area contributed by atoms with Crippen LogP contribution in [0.3, 0.4) is 0 Å². The summed E-state index contributed by atoms with van der Waals surface area (Å²) >= 11 is 0.